The third kappa shape index (κ3) is 6.47. The lowest BCUT2D eigenvalue weighted by atomic mass is 10.1. The van der Waals surface area contributed by atoms with Crippen LogP contribution in [0.1, 0.15) is 38.0 Å². The Morgan fingerprint density at radius 3 is 1.97 bits per heavy atom. The topological polar surface area (TPSA) is 73.9 Å². The summed E-state index contributed by atoms with van der Waals surface area (Å²) < 4.78 is 47.5. The number of nitrogens with one attached hydrogen (secondary N) is 1. The van der Waals surface area contributed by atoms with E-state index in [1.807, 2.05) is 49.4 Å². The molecule has 0 fully saturated rings. The summed E-state index contributed by atoms with van der Waals surface area (Å²) in [7, 11) is -5.06. The molecule has 0 amide bonds. The van der Waals surface area contributed by atoms with Crippen LogP contribution in [0.15, 0.2) is 59.5 Å². The van der Waals surface area contributed by atoms with Gasteiger partial charge >= 0.3 is 7.60 Å². The number of benzene rings is 2. The van der Waals surface area contributed by atoms with Crippen LogP contribution in [-0.4, -0.2) is 32.5 Å². The first kappa shape index (κ1) is 27.1. The van der Waals surface area contributed by atoms with Crippen molar-refractivity contribution in [3.63, 3.8) is 0 Å². The van der Waals surface area contributed by atoms with Crippen LogP contribution in [0.25, 0.3) is 0 Å². The van der Waals surface area contributed by atoms with Crippen molar-refractivity contribution in [1.29, 1.82) is 0 Å². The van der Waals surface area contributed by atoms with Crippen LogP contribution >= 0.6 is 7.60 Å². The van der Waals surface area contributed by atoms with E-state index in [1.54, 1.807) is 12.1 Å². The molecule has 178 valence electrons. The summed E-state index contributed by atoms with van der Waals surface area (Å²) in [5, 5.41) is -0.0924. The first-order valence-corrected chi connectivity index (χ1v) is 16.2. The molecule has 0 spiro atoms. The van der Waals surface area contributed by atoms with E-state index in [-0.39, 0.29) is 5.04 Å². The van der Waals surface area contributed by atoms with Crippen LogP contribution < -0.4 is 4.72 Å². The molecule has 0 saturated heterocycles. The van der Waals surface area contributed by atoms with Crippen LogP contribution in [0.4, 0.5) is 0 Å². The molecule has 6 nitrogen and oxygen atoms in total. The molecule has 0 heterocycles. The van der Waals surface area contributed by atoms with E-state index in [2.05, 4.69) is 38.6 Å². The predicted octanol–water partition coefficient (Wildman–Crippen LogP) is 6.18. The van der Waals surface area contributed by atoms with Gasteiger partial charge in [0, 0.05) is 14.2 Å². The number of hydrogen-bond donors (Lipinski definition) is 1. The molecular weight excluding hydrogens is 461 g/mol. The fraction of sp³-hybridized carbons (Fsp3) is 0.478. The van der Waals surface area contributed by atoms with E-state index in [9.17, 15) is 8.77 Å². The van der Waals surface area contributed by atoms with Crippen molar-refractivity contribution in [2.75, 3.05) is 14.2 Å². The zero-order valence-electron chi connectivity index (χ0n) is 20.2. The van der Waals surface area contributed by atoms with Crippen molar-refractivity contribution < 1.29 is 22.2 Å². The molecule has 0 bridgehead atoms. The van der Waals surface area contributed by atoms with Crippen molar-refractivity contribution in [2.24, 2.45) is 0 Å². The molecule has 2 aromatic rings. The molecule has 0 saturated carbocycles. The van der Waals surface area contributed by atoms with Gasteiger partial charge in [-0.15, -0.1) is 0 Å². The molecule has 1 N–H and O–H groups in total. The first-order chi connectivity index (χ1) is 14.8. The van der Waals surface area contributed by atoms with Crippen LogP contribution in [0, 0.1) is 6.92 Å². The molecular formula is C23H36NO5PSSi. The zero-order chi connectivity index (χ0) is 24.2. The van der Waals surface area contributed by atoms with Crippen molar-refractivity contribution >= 4 is 26.9 Å². The second kappa shape index (κ2) is 10.9. The van der Waals surface area contributed by atoms with Crippen molar-refractivity contribution in [3.8, 4) is 0 Å². The highest BCUT2D eigenvalue weighted by Crippen LogP contribution is 2.56. The summed E-state index contributed by atoms with van der Waals surface area (Å²) in [5.41, 5.74) is 1.87. The predicted molar refractivity (Wildman–Crippen MR) is 134 cm³/mol. The number of hydrogen-bond acceptors (Lipinski definition) is 5. The lowest BCUT2D eigenvalue weighted by Crippen LogP contribution is -2.47. The number of aryl methyl sites for hydroxylation is 1. The Hall–Kier alpha value is -1.12. The Morgan fingerprint density at radius 2 is 1.50 bits per heavy atom. The highest BCUT2D eigenvalue weighted by Gasteiger charge is 2.47. The van der Waals surface area contributed by atoms with Gasteiger partial charge < -0.3 is 13.5 Å². The Balaban J connectivity index is 2.57. The molecule has 0 aromatic heterocycles. The minimum atomic E-state index is -3.74. The summed E-state index contributed by atoms with van der Waals surface area (Å²) in [5.74, 6) is -0.990. The minimum Gasteiger partial charge on any atom is -0.408 e. The van der Waals surface area contributed by atoms with E-state index < -0.39 is 38.8 Å². The highest BCUT2D eigenvalue weighted by atomic mass is 32.2. The van der Waals surface area contributed by atoms with E-state index in [1.165, 1.54) is 14.2 Å². The van der Waals surface area contributed by atoms with Gasteiger partial charge in [0.2, 0.25) is 0 Å². The smallest absolute Gasteiger partial charge is 0.350 e. The lowest BCUT2D eigenvalue weighted by molar-refractivity contribution is 0.152. The van der Waals surface area contributed by atoms with Crippen molar-refractivity contribution in [2.45, 2.75) is 62.6 Å². The van der Waals surface area contributed by atoms with Gasteiger partial charge in [0.25, 0.3) is 0 Å². The maximum atomic E-state index is 13.7. The molecule has 0 aliphatic heterocycles. The van der Waals surface area contributed by atoms with Gasteiger partial charge in [-0.3, -0.25) is 4.57 Å². The van der Waals surface area contributed by atoms with Gasteiger partial charge in [0.05, 0.1) is 11.0 Å². The second-order valence-corrected chi connectivity index (χ2v) is 17.6. The van der Waals surface area contributed by atoms with Crippen LogP contribution in [0.5, 0.6) is 0 Å². The molecule has 0 aliphatic carbocycles. The quantitative estimate of drug-likeness (QED) is 0.313. The molecule has 0 radical (unpaired) electrons. The Kier molecular flexibility index (Phi) is 9.21. The normalized spacial score (nSPS) is 15.9. The monoisotopic (exact) mass is 497 g/mol. The molecule has 9 heteroatoms. The van der Waals surface area contributed by atoms with Crippen LogP contribution in [-0.2, 0) is 29.0 Å². The maximum absolute atomic E-state index is 13.7. The largest absolute Gasteiger partial charge is 0.408 e. The second-order valence-electron chi connectivity index (χ2n) is 9.26. The minimum absolute atomic E-state index is 0.0924. The Labute approximate surface area is 196 Å². The van der Waals surface area contributed by atoms with Gasteiger partial charge in [0.1, 0.15) is 11.0 Å². The zero-order valence-corrected chi connectivity index (χ0v) is 23.0. The lowest BCUT2D eigenvalue weighted by Gasteiger charge is -2.42. The van der Waals surface area contributed by atoms with Crippen molar-refractivity contribution in [1.82, 2.24) is 4.72 Å². The Morgan fingerprint density at radius 1 is 0.969 bits per heavy atom. The fourth-order valence-electron chi connectivity index (χ4n) is 2.89. The summed E-state index contributed by atoms with van der Waals surface area (Å²) in [6, 6.07) is 16.9. The molecule has 2 aromatic carbocycles. The third-order valence-corrected chi connectivity index (χ3v) is 13.9. The molecule has 3 atom stereocenters. The van der Waals surface area contributed by atoms with Gasteiger partial charge in [-0.25, -0.2) is 8.93 Å². The van der Waals surface area contributed by atoms with Crippen LogP contribution in [0.3, 0.4) is 0 Å². The summed E-state index contributed by atoms with van der Waals surface area (Å²) >= 11 is 0. The third-order valence-electron chi connectivity index (χ3n) is 5.96. The first-order valence-electron chi connectivity index (χ1n) is 10.5. The van der Waals surface area contributed by atoms with Gasteiger partial charge in [-0.2, -0.15) is 0 Å². The summed E-state index contributed by atoms with van der Waals surface area (Å²) in [6.45, 7) is 12.6. The maximum Gasteiger partial charge on any atom is 0.350 e. The average Bonchev–Trinajstić information content (AvgIpc) is 2.75. The van der Waals surface area contributed by atoms with E-state index in [0.29, 0.717) is 4.90 Å². The summed E-state index contributed by atoms with van der Waals surface area (Å²) in [6.07, 6.45) is -0.697. The van der Waals surface area contributed by atoms with E-state index in [4.69, 9.17) is 13.5 Å². The molecule has 0 aliphatic rings. The highest BCUT2D eigenvalue weighted by molar-refractivity contribution is 7.83. The van der Waals surface area contributed by atoms with Gasteiger partial charge in [0.15, 0.2) is 14.1 Å². The number of rotatable bonds is 10. The van der Waals surface area contributed by atoms with Gasteiger partial charge in [-0.1, -0.05) is 68.8 Å². The molecule has 2 rings (SSSR count). The van der Waals surface area contributed by atoms with Gasteiger partial charge in [-0.05, 0) is 42.8 Å². The van der Waals surface area contributed by atoms with Crippen molar-refractivity contribution in [3.05, 3.63) is 65.7 Å². The molecule has 32 heavy (non-hydrogen) atoms. The van der Waals surface area contributed by atoms with Crippen LogP contribution in [0.2, 0.25) is 18.1 Å². The average molecular weight is 498 g/mol. The van der Waals surface area contributed by atoms with E-state index in [0.717, 1.165) is 11.1 Å². The SMILES string of the molecule is COP(=O)(OC)[C@H](N[S@](=O)c1ccc(C)cc1)[C@H](O[Si](C)(C)C(C)(C)C)c1ccccc1. The fourth-order valence-corrected chi connectivity index (χ4v) is 7.09. The van der Waals surface area contributed by atoms with E-state index >= 15 is 0 Å². The summed E-state index contributed by atoms with van der Waals surface area (Å²) in [4.78, 5) is 0.568. The Bertz CT molecular complexity index is 939. The molecule has 0 unspecified atom stereocenters. The standard InChI is InChI=1S/C23H36NO5PSSi/c1-18-14-16-20(17-15-18)31(26)24-22(30(25,27-5)28-6)21(19-12-10-9-11-13-19)29-32(7,8)23(2,3)4/h9-17,21-22,24H,1-8H3/t21-,22+,31-/m1/s1.